The van der Waals surface area contributed by atoms with Gasteiger partial charge < -0.3 is 5.11 Å². The van der Waals surface area contributed by atoms with Gasteiger partial charge in [-0.1, -0.05) is 30.3 Å². The van der Waals surface area contributed by atoms with Gasteiger partial charge in [-0.2, -0.15) is 5.10 Å². The Labute approximate surface area is 128 Å². The first kappa shape index (κ1) is 13.3. The molecule has 0 aliphatic heterocycles. The van der Waals surface area contributed by atoms with Crippen molar-refractivity contribution in [2.75, 3.05) is 0 Å². The molecule has 2 aliphatic carbocycles. The Morgan fingerprint density at radius 3 is 2.82 bits per heavy atom. The lowest BCUT2D eigenvalue weighted by atomic mass is 9.99. The van der Waals surface area contributed by atoms with E-state index in [0.29, 0.717) is 11.5 Å². The standard InChI is InChI=1S/C18H18N2O2/c21-16-8-7-12-3-1-2-4-14(12)17(16)18(22)20-19-15-10-11-5-6-13(15)9-11/h1-4,7-8,11,13,21H,5-6,9-10H2,(H,20,22)/b19-15-/t11-,13-/m1/s1. The van der Waals surface area contributed by atoms with Crippen molar-refractivity contribution in [3.8, 4) is 5.75 Å². The molecule has 2 saturated carbocycles. The van der Waals surface area contributed by atoms with Gasteiger partial charge in [0, 0.05) is 5.71 Å². The lowest BCUT2D eigenvalue weighted by Crippen LogP contribution is -2.22. The highest BCUT2D eigenvalue weighted by Crippen LogP contribution is 2.42. The van der Waals surface area contributed by atoms with Gasteiger partial charge in [-0.05, 0) is 54.4 Å². The molecule has 0 spiro atoms. The molecule has 2 fully saturated rings. The second-order valence-corrected chi connectivity index (χ2v) is 6.31. The number of hydrazone groups is 1. The van der Waals surface area contributed by atoms with Crippen molar-refractivity contribution in [3.63, 3.8) is 0 Å². The molecule has 2 aliphatic rings. The van der Waals surface area contributed by atoms with Gasteiger partial charge in [0.2, 0.25) is 0 Å². The van der Waals surface area contributed by atoms with Crippen LogP contribution in [0, 0.1) is 11.8 Å². The van der Waals surface area contributed by atoms with Gasteiger partial charge in [0.25, 0.3) is 5.91 Å². The summed E-state index contributed by atoms with van der Waals surface area (Å²) < 4.78 is 0. The highest BCUT2D eigenvalue weighted by Gasteiger charge is 2.36. The highest BCUT2D eigenvalue weighted by molar-refractivity contribution is 6.09. The van der Waals surface area contributed by atoms with Crippen LogP contribution in [0.4, 0.5) is 0 Å². The predicted octanol–water partition coefficient (Wildman–Crippen LogP) is 3.45. The predicted molar refractivity (Wildman–Crippen MR) is 86.0 cm³/mol. The number of hydrogen-bond donors (Lipinski definition) is 2. The van der Waals surface area contributed by atoms with Gasteiger partial charge in [0.1, 0.15) is 5.75 Å². The third kappa shape index (κ3) is 2.15. The molecule has 2 aromatic carbocycles. The number of fused-ring (bicyclic) bond motifs is 3. The first-order valence-electron chi connectivity index (χ1n) is 7.80. The van der Waals surface area contributed by atoms with Crippen LogP contribution in [0.1, 0.15) is 36.0 Å². The SMILES string of the molecule is O=C(N/N=C1/C[C@@H]2CC[C@@H]1C2)c1c(O)ccc2ccccc12. The summed E-state index contributed by atoms with van der Waals surface area (Å²) in [7, 11) is 0. The molecule has 0 aromatic heterocycles. The number of carbonyl (C=O) groups is 1. The molecule has 1 amide bonds. The van der Waals surface area contributed by atoms with Crippen molar-refractivity contribution in [1.29, 1.82) is 0 Å². The Morgan fingerprint density at radius 2 is 2.05 bits per heavy atom. The Hall–Kier alpha value is -2.36. The molecule has 4 rings (SSSR count). The minimum Gasteiger partial charge on any atom is -0.507 e. The number of nitrogens with one attached hydrogen (secondary N) is 1. The average molecular weight is 294 g/mol. The third-order valence-electron chi connectivity index (χ3n) is 4.95. The van der Waals surface area contributed by atoms with Crippen LogP contribution in [0.5, 0.6) is 5.75 Å². The molecule has 2 aromatic rings. The Kier molecular flexibility index (Phi) is 3.10. The normalized spacial score (nSPS) is 25.0. The van der Waals surface area contributed by atoms with Crippen molar-refractivity contribution in [2.45, 2.75) is 25.7 Å². The Balaban J connectivity index is 1.63. The van der Waals surface area contributed by atoms with E-state index in [4.69, 9.17) is 0 Å². The number of rotatable bonds is 2. The lowest BCUT2D eigenvalue weighted by Gasteiger charge is -2.12. The summed E-state index contributed by atoms with van der Waals surface area (Å²) in [6.45, 7) is 0. The maximum atomic E-state index is 12.5. The molecule has 2 atom stereocenters. The molecule has 22 heavy (non-hydrogen) atoms. The Morgan fingerprint density at radius 1 is 1.18 bits per heavy atom. The number of benzene rings is 2. The number of amides is 1. The monoisotopic (exact) mass is 294 g/mol. The van der Waals surface area contributed by atoms with Crippen LogP contribution in [0.2, 0.25) is 0 Å². The summed E-state index contributed by atoms with van der Waals surface area (Å²) in [4.78, 5) is 12.5. The van der Waals surface area contributed by atoms with E-state index in [2.05, 4.69) is 10.5 Å². The molecule has 4 heteroatoms. The van der Waals surface area contributed by atoms with Gasteiger partial charge >= 0.3 is 0 Å². The van der Waals surface area contributed by atoms with Crippen LogP contribution < -0.4 is 5.43 Å². The molecule has 0 heterocycles. The van der Waals surface area contributed by atoms with Crippen LogP contribution in [0.3, 0.4) is 0 Å². The van der Waals surface area contributed by atoms with Crippen LogP contribution >= 0.6 is 0 Å². The molecule has 0 saturated heterocycles. The van der Waals surface area contributed by atoms with Crippen molar-refractivity contribution < 1.29 is 9.90 Å². The van der Waals surface area contributed by atoms with Crippen molar-refractivity contribution >= 4 is 22.4 Å². The van der Waals surface area contributed by atoms with Crippen molar-refractivity contribution in [1.82, 2.24) is 5.43 Å². The molecule has 0 unspecified atom stereocenters. The van der Waals surface area contributed by atoms with Crippen LogP contribution in [-0.2, 0) is 0 Å². The number of nitrogens with zero attached hydrogens (tertiary/aromatic N) is 1. The van der Waals surface area contributed by atoms with Crippen molar-refractivity contribution in [3.05, 3.63) is 42.0 Å². The minimum atomic E-state index is -0.343. The van der Waals surface area contributed by atoms with Gasteiger partial charge in [0.05, 0.1) is 5.56 Å². The molecule has 2 bridgehead atoms. The zero-order valence-corrected chi connectivity index (χ0v) is 12.2. The zero-order valence-electron chi connectivity index (χ0n) is 12.2. The number of aromatic hydroxyl groups is 1. The molecular formula is C18H18N2O2. The second-order valence-electron chi connectivity index (χ2n) is 6.31. The van der Waals surface area contributed by atoms with E-state index in [0.717, 1.165) is 28.8 Å². The first-order chi connectivity index (χ1) is 10.7. The van der Waals surface area contributed by atoms with E-state index < -0.39 is 0 Å². The quantitative estimate of drug-likeness (QED) is 0.833. The average Bonchev–Trinajstić information content (AvgIpc) is 3.15. The fourth-order valence-electron chi connectivity index (χ4n) is 3.84. The smallest absolute Gasteiger partial charge is 0.275 e. The molecule has 2 N–H and O–H groups in total. The fraction of sp³-hybridized carbons (Fsp3) is 0.333. The fourth-order valence-corrected chi connectivity index (χ4v) is 3.84. The molecule has 112 valence electrons. The highest BCUT2D eigenvalue weighted by atomic mass is 16.3. The number of phenols is 1. The summed E-state index contributed by atoms with van der Waals surface area (Å²) in [5.41, 5.74) is 4.06. The summed E-state index contributed by atoms with van der Waals surface area (Å²) in [6.07, 6.45) is 4.71. The summed E-state index contributed by atoms with van der Waals surface area (Å²) in [6, 6.07) is 10.9. The maximum Gasteiger partial charge on any atom is 0.275 e. The first-order valence-corrected chi connectivity index (χ1v) is 7.80. The van der Waals surface area contributed by atoms with Crippen LogP contribution in [0.15, 0.2) is 41.5 Å². The van der Waals surface area contributed by atoms with Gasteiger partial charge in [-0.25, -0.2) is 5.43 Å². The second kappa shape index (κ2) is 5.13. The minimum absolute atomic E-state index is 0.00987. The summed E-state index contributed by atoms with van der Waals surface area (Å²) in [5, 5.41) is 16.1. The number of carbonyl (C=O) groups excluding carboxylic acids is 1. The van der Waals surface area contributed by atoms with Gasteiger partial charge in [-0.3, -0.25) is 4.79 Å². The van der Waals surface area contributed by atoms with E-state index in [-0.39, 0.29) is 11.7 Å². The van der Waals surface area contributed by atoms with Crippen molar-refractivity contribution in [2.24, 2.45) is 16.9 Å². The summed E-state index contributed by atoms with van der Waals surface area (Å²) >= 11 is 0. The van der Waals surface area contributed by atoms with E-state index in [1.807, 2.05) is 30.3 Å². The third-order valence-corrected chi connectivity index (χ3v) is 4.95. The van der Waals surface area contributed by atoms with E-state index >= 15 is 0 Å². The number of hydrogen-bond acceptors (Lipinski definition) is 3. The largest absolute Gasteiger partial charge is 0.507 e. The lowest BCUT2D eigenvalue weighted by molar-refractivity contribution is 0.0953. The Bertz CT molecular complexity index is 782. The topological polar surface area (TPSA) is 61.7 Å². The van der Waals surface area contributed by atoms with Crippen LogP contribution in [-0.4, -0.2) is 16.7 Å². The van der Waals surface area contributed by atoms with E-state index in [9.17, 15) is 9.90 Å². The van der Waals surface area contributed by atoms with E-state index in [1.165, 1.54) is 19.3 Å². The van der Waals surface area contributed by atoms with Crippen LogP contribution in [0.25, 0.3) is 10.8 Å². The zero-order chi connectivity index (χ0) is 15.1. The summed E-state index contributed by atoms with van der Waals surface area (Å²) in [5.74, 6) is 0.951. The molecule has 0 radical (unpaired) electrons. The number of phenolic OH excluding ortho intramolecular Hbond substituents is 1. The maximum absolute atomic E-state index is 12.5. The van der Waals surface area contributed by atoms with Gasteiger partial charge in [-0.15, -0.1) is 0 Å². The van der Waals surface area contributed by atoms with E-state index in [1.54, 1.807) is 6.07 Å². The molecular weight excluding hydrogens is 276 g/mol. The van der Waals surface area contributed by atoms with Gasteiger partial charge in [0.15, 0.2) is 0 Å². The molecule has 4 nitrogen and oxygen atoms in total.